The number of thioether (sulfide) groups is 1. The molecule has 0 atom stereocenters. The Labute approximate surface area is 184 Å². The zero-order valence-corrected chi connectivity index (χ0v) is 18.7. The Morgan fingerprint density at radius 1 is 1.23 bits per heavy atom. The van der Waals surface area contributed by atoms with Gasteiger partial charge in [0.25, 0.3) is 0 Å². The van der Waals surface area contributed by atoms with Crippen LogP contribution >= 0.6 is 23.4 Å². The summed E-state index contributed by atoms with van der Waals surface area (Å²) in [6.45, 7) is 2.06. The number of rotatable bonds is 7. The summed E-state index contributed by atoms with van der Waals surface area (Å²) in [5, 5.41) is 1.33. The van der Waals surface area contributed by atoms with E-state index in [1.807, 2.05) is 35.0 Å². The first-order valence-corrected chi connectivity index (χ1v) is 12.4. The van der Waals surface area contributed by atoms with E-state index in [2.05, 4.69) is 4.98 Å². The number of sulfonamides is 1. The highest BCUT2D eigenvalue weighted by Gasteiger charge is 2.28. The third-order valence-corrected chi connectivity index (χ3v) is 7.96. The molecule has 0 radical (unpaired) electrons. The van der Waals surface area contributed by atoms with Gasteiger partial charge in [-0.25, -0.2) is 13.4 Å². The first-order chi connectivity index (χ1) is 14.4. The molecule has 1 aliphatic heterocycles. The molecule has 0 saturated heterocycles. The third-order valence-electron chi connectivity index (χ3n) is 4.98. The molecule has 0 fully saturated rings. The van der Waals surface area contributed by atoms with Crippen LogP contribution in [0, 0.1) is 0 Å². The first kappa shape index (κ1) is 21.0. The van der Waals surface area contributed by atoms with Gasteiger partial charge < -0.3 is 0 Å². The smallest absolute Gasteiger partial charge is 0.234 e. The number of halogens is 1. The van der Waals surface area contributed by atoms with Crippen LogP contribution in [0.25, 0.3) is 5.69 Å². The van der Waals surface area contributed by atoms with Crippen LogP contribution in [0.1, 0.15) is 22.8 Å². The van der Waals surface area contributed by atoms with Crippen molar-refractivity contribution in [3.8, 4) is 5.69 Å². The Bertz CT molecular complexity index is 1210. The quantitative estimate of drug-likeness (QED) is 0.389. The topological polar surface area (TPSA) is 72.3 Å². The van der Waals surface area contributed by atoms with Crippen molar-refractivity contribution in [3.63, 3.8) is 0 Å². The summed E-state index contributed by atoms with van der Waals surface area (Å²) in [5.41, 5.74) is 3.03. The first-order valence-electron chi connectivity index (χ1n) is 9.47. The Hall–Kier alpha value is -2.29. The van der Waals surface area contributed by atoms with E-state index >= 15 is 0 Å². The highest BCUT2D eigenvalue weighted by atomic mass is 35.5. The molecule has 6 nitrogen and oxygen atoms in total. The minimum atomic E-state index is -3.29. The largest absolute Gasteiger partial charge is 0.295 e. The maximum Gasteiger partial charge on any atom is 0.234 e. The van der Waals surface area contributed by atoms with E-state index in [0.29, 0.717) is 34.4 Å². The van der Waals surface area contributed by atoms with Crippen molar-refractivity contribution in [2.24, 2.45) is 0 Å². The third kappa shape index (κ3) is 4.12. The number of ketones is 1. The van der Waals surface area contributed by atoms with Crippen LogP contribution in [0.3, 0.4) is 0 Å². The summed E-state index contributed by atoms with van der Waals surface area (Å²) in [4.78, 5) is 17.1. The molecular weight excluding hydrogens is 442 g/mol. The van der Waals surface area contributed by atoms with Crippen LogP contribution in [0.4, 0.5) is 5.69 Å². The van der Waals surface area contributed by atoms with Crippen molar-refractivity contribution in [1.29, 1.82) is 0 Å². The molecule has 0 N–H and O–H groups in total. The van der Waals surface area contributed by atoms with Gasteiger partial charge in [-0.05, 0) is 55.3 Å². The SMILES string of the molecule is CCS(=O)(=O)N1CCc2cc(C(=O)CSc3nccn3-c3cccc(Cl)c3)ccc21. The monoisotopic (exact) mass is 461 g/mol. The molecule has 2 heterocycles. The fraction of sp³-hybridized carbons (Fsp3) is 0.238. The van der Waals surface area contributed by atoms with Gasteiger partial charge >= 0.3 is 0 Å². The lowest BCUT2D eigenvalue weighted by Gasteiger charge is -2.18. The summed E-state index contributed by atoms with van der Waals surface area (Å²) < 4.78 is 27.8. The molecule has 1 aliphatic rings. The number of fused-ring (bicyclic) bond motifs is 1. The van der Waals surface area contributed by atoms with Gasteiger partial charge in [-0.2, -0.15) is 0 Å². The van der Waals surface area contributed by atoms with E-state index in [1.165, 1.54) is 16.1 Å². The summed E-state index contributed by atoms with van der Waals surface area (Å²) in [6.07, 6.45) is 4.13. The molecule has 0 amide bonds. The molecule has 30 heavy (non-hydrogen) atoms. The molecule has 2 aromatic carbocycles. The molecule has 0 unspecified atom stereocenters. The zero-order chi connectivity index (χ0) is 21.3. The van der Waals surface area contributed by atoms with Crippen LogP contribution in [0.15, 0.2) is 60.0 Å². The molecule has 1 aromatic heterocycles. The van der Waals surface area contributed by atoms with Crippen molar-refractivity contribution in [3.05, 3.63) is 71.0 Å². The fourth-order valence-corrected chi connectivity index (χ4v) is 5.63. The lowest BCUT2D eigenvalue weighted by Crippen LogP contribution is -2.30. The summed E-state index contributed by atoms with van der Waals surface area (Å²) in [7, 11) is -3.29. The number of hydrogen-bond donors (Lipinski definition) is 0. The highest BCUT2D eigenvalue weighted by Crippen LogP contribution is 2.32. The molecule has 4 rings (SSSR count). The molecule has 9 heteroatoms. The van der Waals surface area contributed by atoms with Crippen molar-refractivity contribution >= 4 is 44.9 Å². The van der Waals surface area contributed by atoms with Crippen molar-refractivity contribution in [2.75, 3.05) is 22.4 Å². The van der Waals surface area contributed by atoms with E-state index in [1.54, 1.807) is 31.3 Å². The number of imidazole rings is 1. The highest BCUT2D eigenvalue weighted by molar-refractivity contribution is 7.99. The standard InChI is InChI=1S/C21H20ClN3O3S2/c1-2-30(27,28)25-10-8-15-12-16(6-7-19(15)25)20(26)14-29-21-23-9-11-24(21)18-5-3-4-17(22)13-18/h3-7,9,11-13H,2,8,10,14H2,1H3. The average molecular weight is 462 g/mol. The van der Waals surface area contributed by atoms with Gasteiger partial charge in [0.2, 0.25) is 10.0 Å². The Balaban J connectivity index is 1.48. The van der Waals surface area contributed by atoms with Crippen molar-refractivity contribution in [1.82, 2.24) is 9.55 Å². The second-order valence-electron chi connectivity index (χ2n) is 6.84. The van der Waals surface area contributed by atoms with Gasteiger partial charge in [0, 0.05) is 35.2 Å². The number of hydrogen-bond acceptors (Lipinski definition) is 5. The number of benzene rings is 2. The summed E-state index contributed by atoms with van der Waals surface area (Å²) in [5.74, 6) is 0.261. The molecule has 0 aliphatic carbocycles. The Morgan fingerprint density at radius 2 is 2.07 bits per heavy atom. The minimum Gasteiger partial charge on any atom is -0.295 e. The normalized spacial score (nSPS) is 13.5. The van der Waals surface area contributed by atoms with Crippen molar-refractivity contribution < 1.29 is 13.2 Å². The number of carbonyl (C=O) groups excluding carboxylic acids is 1. The molecule has 0 saturated carbocycles. The van der Waals surface area contributed by atoms with Gasteiger partial charge in [-0.3, -0.25) is 13.7 Å². The van der Waals surface area contributed by atoms with E-state index < -0.39 is 10.0 Å². The van der Waals surface area contributed by atoms with Gasteiger partial charge in [0.1, 0.15) is 0 Å². The van der Waals surface area contributed by atoms with Crippen LogP contribution in [0.5, 0.6) is 0 Å². The number of carbonyl (C=O) groups is 1. The average Bonchev–Trinajstić information content (AvgIpc) is 3.38. The van der Waals surface area contributed by atoms with E-state index in [9.17, 15) is 13.2 Å². The maximum atomic E-state index is 12.8. The van der Waals surface area contributed by atoms with E-state index in [0.717, 1.165) is 11.3 Å². The lowest BCUT2D eigenvalue weighted by molar-refractivity contribution is 0.102. The van der Waals surface area contributed by atoms with E-state index in [-0.39, 0.29) is 17.3 Å². The summed E-state index contributed by atoms with van der Waals surface area (Å²) in [6, 6.07) is 12.7. The molecular formula is C21H20ClN3O3S2. The van der Waals surface area contributed by atoms with Gasteiger partial charge in [0.05, 0.1) is 17.2 Å². The maximum absolute atomic E-state index is 12.8. The minimum absolute atomic E-state index is 0.0276. The summed E-state index contributed by atoms with van der Waals surface area (Å²) >= 11 is 7.43. The lowest BCUT2D eigenvalue weighted by atomic mass is 10.1. The van der Waals surface area contributed by atoms with Crippen LogP contribution in [-0.2, 0) is 16.4 Å². The second-order valence-corrected chi connectivity index (χ2v) is 10.4. The number of aromatic nitrogens is 2. The van der Waals surface area contributed by atoms with Crippen LogP contribution in [0.2, 0.25) is 5.02 Å². The van der Waals surface area contributed by atoms with Crippen LogP contribution < -0.4 is 4.31 Å². The Kier molecular flexibility index (Phi) is 5.90. The molecule has 0 spiro atoms. The molecule has 3 aromatic rings. The van der Waals surface area contributed by atoms with Gasteiger partial charge in [-0.1, -0.05) is 29.4 Å². The van der Waals surface area contributed by atoms with Gasteiger partial charge in [-0.15, -0.1) is 0 Å². The molecule has 156 valence electrons. The zero-order valence-electron chi connectivity index (χ0n) is 16.3. The van der Waals surface area contributed by atoms with Crippen LogP contribution in [-0.4, -0.2) is 41.8 Å². The second kappa shape index (κ2) is 8.45. The van der Waals surface area contributed by atoms with Gasteiger partial charge in [0.15, 0.2) is 10.9 Å². The van der Waals surface area contributed by atoms with E-state index in [4.69, 9.17) is 11.6 Å². The Morgan fingerprint density at radius 3 is 2.83 bits per heavy atom. The van der Waals surface area contributed by atoms with Crippen molar-refractivity contribution in [2.45, 2.75) is 18.5 Å². The number of anilines is 1. The predicted octanol–water partition coefficient (Wildman–Crippen LogP) is 4.21. The number of nitrogens with zero attached hydrogens (tertiary/aromatic N) is 3. The molecule has 0 bridgehead atoms. The fourth-order valence-electron chi connectivity index (χ4n) is 3.42. The number of Topliss-reactive ketones (excluding diaryl/α,β-unsaturated/α-hetero) is 1. The predicted molar refractivity (Wildman–Crippen MR) is 121 cm³/mol.